The van der Waals surface area contributed by atoms with Crippen LogP contribution in [0.3, 0.4) is 0 Å². The van der Waals surface area contributed by atoms with E-state index in [1.165, 1.54) is 6.07 Å². The maximum absolute atomic E-state index is 13.2. The van der Waals surface area contributed by atoms with Crippen molar-refractivity contribution in [2.45, 2.75) is 64.3 Å². The first kappa shape index (κ1) is 25.3. The molecule has 2 fully saturated rings. The average Bonchev–Trinajstić information content (AvgIpc) is 3.27. The Morgan fingerprint density at radius 2 is 1.86 bits per heavy atom. The molecule has 35 heavy (non-hydrogen) atoms. The van der Waals surface area contributed by atoms with Crippen molar-refractivity contribution in [3.8, 4) is 11.3 Å². The Bertz CT molecular complexity index is 1070. The van der Waals surface area contributed by atoms with Gasteiger partial charge in [-0.15, -0.1) is 0 Å². The summed E-state index contributed by atoms with van der Waals surface area (Å²) in [6.45, 7) is 8.15. The van der Waals surface area contributed by atoms with Gasteiger partial charge in [-0.2, -0.15) is 13.2 Å². The van der Waals surface area contributed by atoms with Gasteiger partial charge in [-0.25, -0.2) is 0 Å². The van der Waals surface area contributed by atoms with Gasteiger partial charge in [0.15, 0.2) is 0 Å². The fraction of sp³-hybridized carbons (Fsp3) is 0.538. The molecular formula is C26H32F3N3O3. The lowest BCUT2D eigenvalue weighted by molar-refractivity contribution is -0.161. The summed E-state index contributed by atoms with van der Waals surface area (Å²) in [6.07, 6.45) is -2.75. The first-order valence-corrected chi connectivity index (χ1v) is 12.1. The third-order valence-corrected chi connectivity index (χ3v) is 7.03. The number of nitrogens with zero attached hydrogens (tertiary/aromatic N) is 2. The van der Waals surface area contributed by atoms with Crippen LogP contribution in [0.25, 0.3) is 11.3 Å². The zero-order valence-electron chi connectivity index (χ0n) is 20.3. The van der Waals surface area contributed by atoms with Gasteiger partial charge in [0.2, 0.25) is 11.8 Å². The number of piperazine rings is 1. The number of amides is 2. The fourth-order valence-electron chi connectivity index (χ4n) is 5.23. The van der Waals surface area contributed by atoms with Gasteiger partial charge in [-0.05, 0) is 56.4 Å². The number of nitrogens with one attached hydrogen (secondary N) is 1. The molecule has 0 bridgehead atoms. The monoisotopic (exact) mass is 491 g/mol. The van der Waals surface area contributed by atoms with Gasteiger partial charge < -0.3 is 14.6 Å². The predicted molar refractivity (Wildman–Crippen MR) is 125 cm³/mol. The van der Waals surface area contributed by atoms with E-state index in [1.807, 2.05) is 20.8 Å². The van der Waals surface area contributed by atoms with Crippen molar-refractivity contribution in [3.63, 3.8) is 0 Å². The van der Waals surface area contributed by atoms with Crippen molar-refractivity contribution >= 4 is 11.8 Å². The maximum Gasteiger partial charge on any atom is 0.416 e. The van der Waals surface area contributed by atoms with Gasteiger partial charge in [0.1, 0.15) is 23.1 Å². The first-order chi connectivity index (χ1) is 16.5. The molecule has 0 radical (unpaired) electrons. The van der Waals surface area contributed by atoms with E-state index in [1.54, 1.807) is 23.1 Å². The molecule has 4 rings (SSSR count). The number of alkyl halides is 3. The molecule has 3 heterocycles. The highest BCUT2D eigenvalue weighted by molar-refractivity contribution is 6.00. The molecule has 1 unspecified atom stereocenters. The van der Waals surface area contributed by atoms with Crippen molar-refractivity contribution in [2.24, 2.45) is 5.92 Å². The number of carbonyl (C=O) groups is 2. The summed E-state index contributed by atoms with van der Waals surface area (Å²) < 4.78 is 45.0. The molecule has 1 aromatic heterocycles. The largest absolute Gasteiger partial charge is 0.460 e. The van der Waals surface area contributed by atoms with Crippen LogP contribution in [0, 0.1) is 5.92 Å². The van der Waals surface area contributed by atoms with Gasteiger partial charge in [0.25, 0.3) is 0 Å². The third-order valence-electron chi connectivity index (χ3n) is 7.03. The van der Waals surface area contributed by atoms with Crippen LogP contribution in [-0.4, -0.2) is 52.8 Å². The normalized spacial score (nSPS) is 21.1. The Hall–Kier alpha value is -2.81. The Labute approximate surface area is 203 Å². The van der Waals surface area contributed by atoms with E-state index in [2.05, 4.69) is 10.2 Å². The number of likely N-dealkylation sites (tertiary alicyclic amines) is 1. The van der Waals surface area contributed by atoms with E-state index >= 15 is 0 Å². The highest BCUT2D eigenvalue weighted by Gasteiger charge is 2.53. The lowest BCUT2D eigenvalue weighted by atomic mass is 9.81. The number of benzene rings is 1. The van der Waals surface area contributed by atoms with Gasteiger partial charge in [-0.1, -0.05) is 26.0 Å². The van der Waals surface area contributed by atoms with Crippen molar-refractivity contribution in [2.75, 3.05) is 19.6 Å². The molecular weight excluding hydrogens is 459 g/mol. The molecule has 2 aromatic rings. The molecule has 0 saturated carbocycles. The van der Waals surface area contributed by atoms with Crippen LogP contribution in [0.1, 0.15) is 51.4 Å². The second-order valence-electron chi connectivity index (χ2n) is 9.89. The highest BCUT2D eigenvalue weighted by Crippen LogP contribution is 2.35. The van der Waals surface area contributed by atoms with Crippen LogP contribution in [0.5, 0.6) is 0 Å². The zero-order valence-corrected chi connectivity index (χ0v) is 20.3. The molecule has 6 nitrogen and oxygen atoms in total. The summed E-state index contributed by atoms with van der Waals surface area (Å²) in [5.41, 5.74) is -1.18. The lowest BCUT2D eigenvalue weighted by Gasteiger charge is -2.51. The Balaban J connectivity index is 1.42. The van der Waals surface area contributed by atoms with E-state index in [-0.39, 0.29) is 11.8 Å². The van der Waals surface area contributed by atoms with E-state index < -0.39 is 23.3 Å². The number of halogens is 3. The molecule has 1 spiro atoms. The minimum absolute atomic E-state index is 0.00832. The van der Waals surface area contributed by atoms with Gasteiger partial charge >= 0.3 is 6.18 Å². The molecule has 1 aromatic carbocycles. The second-order valence-corrected chi connectivity index (χ2v) is 9.89. The van der Waals surface area contributed by atoms with Crippen LogP contribution in [-0.2, 0) is 22.3 Å². The number of hydrogen-bond donors (Lipinski definition) is 1. The van der Waals surface area contributed by atoms with E-state index in [4.69, 9.17) is 4.42 Å². The highest BCUT2D eigenvalue weighted by atomic mass is 19.4. The van der Waals surface area contributed by atoms with Gasteiger partial charge in [-0.3, -0.25) is 14.5 Å². The standard InChI is InChI=1S/C26H32F3N3O3/c1-4-32-23(33)21(14-17(2)3)30-24(34)25(32)10-12-31(13-11-25)16-20-8-9-22(35-20)18-6-5-7-19(15-18)26(27,28)29/h5-9,15,17,21H,4,10-14,16H2,1-3H3,(H,30,34). The molecule has 0 aliphatic carbocycles. The molecule has 1 N–H and O–H groups in total. The quantitative estimate of drug-likeness (QED) is 0.637. The number of rotatable bonds is 6. The van der Waals surface area contributed by atoms with Crippen LogP contribution in [0.2, 0.25) is 0 Å². The van der Waals surface area contributed by atoms with Crippen LogP contribution < -0.4 is 5.32 Å². The zero-order chi connectivity index (χ0) is 25.4. The SMILES string of the molecule is CCN1C(=O)C(CC(C)C)NC(=O)C12CCN(Cc1ccc(-c3cccc(C(F)(F)F)c3)o1)CC2. The summed E-state index contributed by atoms with van der Waals surface area (Å²) >= 11 is 0. The molecule has 2 aliphatic heterocycles. The summed E-state index contributed by atoms with van der Waals surface area (Å²) in [6, 6.07) is 8.05. The predicted octanol–water partition coefficient (Wildman–Crippen LogP) is 4.69. The molecule has 2 aliphatic rings. The van der Waals surface area contributed by atoms with Crippen molar-refractivity contribution in [1.82, 2.24) is 15.1 Å². The van der Waals surface area contributed by atoms with E-state index in [9.17, 15) is 22.8 Å². The van der Waals surface area contributed by atoms with Crippen molar-refractivity contribution in [3.05, 3.63) is 47.7 Å². The smallest absolute Gasteiger partial charge is 0.416 e. The lowest BCUT2D eigenvalue weighted by Crippen LogP contribution is -2.72. The van der Waals surface area contributed by atoms with E-state index in [0.29, 0.717) is 68.4 Å². The maximum atomic E-state index is 13.2. The minimum Gasteiger partial charge on any atom is -0.460 e. The van der Waals surface area contributed by atoms with Crippen molar-refractivity contribution in [1.29, 1.82) is 0 Å². The van der Waals surface area contributed by atoms with E-state index in [0.717, 1.165) is 12.1 Å². The summed E-state index contributed by atoms with van der Waals surface area (Å²) in [5.74, 6) is 1.24. The Kier molecular flexibility index (Phi) is 6.99. The summed E-state index contributed by atoms with van der Waals surface area (Å²) in [5, 5.41) is 2.98. The number of piperidine rings is 1. The molecule has 190 valence electrons. The number of hydrogen-bond acceptors (Lipinski definition) is 4. The molecule has 2 amide bonds. The van der Waals surface area contributed by atoms with Crippen LogP contribution in [0.4, 0.5) is 13.2 Å². The second kappa shape index (κ2) is 9.68. The van der Waals surface area contributed by atoms with Crippen LogP contribution in [0.15, 0.2) is 40.8 Å². The molecule has 9 heteroatoms. The molecule has 2 saturated heterocycles. The van der Waals surface area contributed by atoms with Gasteiger partial charge in [0, 0.05) is 25.2 Å². The Morgan fingerprint density at radius 3 is 2.49 bits per heavy atom. The summed E-state index contributed by atoms with van der Waals surface area (Å²) in [7, 11) is 0. The third kappa shape index (κ3) is 5.10. The topological polar surface area (TPSA) is 65.8 Å². The summed E-state index contributed by atoms with van der Waals surface area (Å²) in [4.78, 5) is 30.2. The van der Waals surface area contributed by atoms with Crippen LogP contribution >= 0.6 is 0 Å². The van der Waals surface area contributed by atoms with Crippen molar-refractivity contribution < 1.29 is 27.2 Å². The number of carbonyl (C=O) groups excluding carboxylic acids is 2. The first-order valence-electron chi connectivity index (χ1n) is 12.1. The number of furan rings is 1. The fourth-order valence-corrected chi connectivity index (χ4v) is 5.23. The molecule has 1 atom stereocenters. The van der Waals surface area contributed by atoms with Gasteiger partial charge in [0.05, 0.1) is 12.1 Å². The average molecular weight is 492 g/mol. The Morgan fingerprint density at radius 1 is 1.14 bits per heavy atom. The minimum atomic E-state index is -4.41. The number of likely N-dealkylation sites (N-methyl/N-ethyl adjacent to an activating group) is 1.